The van der Waals surface area contributed by atoms with Gasteiger partial charge in [-0.1, -0.05) is 11.6 Å². The molecule has 1 aromatic rings. The van der Waals surface area contributed by atoms with Crippen molar-refractivity contribution in [2.24, 2.45) is 0 Å². The number of nitro groups is 1. The van der Waals surface area contributed by atoms with E-state index in [0.717, 1.165) is 0 Å². The molecule has 1 N–H and O–H groups in total. The van der Waals surface area contributed by atoms with Gasteiger partial charge in [-0.05, 0) is 19.1 Å². The van der Waals surface area contributed by atoms with Gasteiger partial charge in [0.25, 0.3) is 5.69 Å². The summed E-state index contributed by atoms with van der Waals surface area (Å²) in [5.41, 5.74) is 0.0234. The van der Waals surface area contributed by atoms with E-state index in [9.17, 15) is 14.9 Å². The van der Waals surface area contributed by atoms with Crippen molar-refractivity contribution in [3.8, 4) is 0 Å². The molecule has 1 rings (SSSR count). The predicted molar refractivity (Wildman–Crippen MR) is 62.1 cm³/mol. The molecule has 16 heavy (non-hydrogen) atoms. The van der Waals surface area contributed by atoms with Crippen molar-refractivity contribution in [1.29, 1.82) is 0 Å². The number of nitrogens with one attached hydrogen (secondary N) is 1. The van der Waals surface area contributed by atoms with Crippen LogP contribution in [0.1, 0.15) is 6.92 Å². The minimum absolute atomic E-state index is 0.0157. The molecule has 0 heterocycles. The van der Waals surface area contributed by atoms with E-state index in [0.29, 0.717) is 0 Å². The van der Waals surface area contributed by atoms with E-state index in [1.807, 2.05) is 0 Å². The fourth-order valence-electron chi connectivity index (χ4n) is 0.972. The summed E-state index contributed by atoms with van der Waals surface area (Å²) in [6.45, 7) is 1.50. The number of anilines is 1. The first-order chi connectivity index (χ1) is 7.41. The van der Waals surface area contributed by atoms with Crippen LogP contribution in [0.5, 0.6) is 0 Å². The average molecular weight is 263 g/mol. The highest BCUT2D eigenvalue weighted by Crippen LogP contribution is 2.27. The number of rotatable bonds is 3. The molecule has 0 saturated carbocycles. The zero-order valence-electron chi connectivity index (χ0n) is 8.24. The number of nitro benzene ring substituents is 1. The summed E-state index contributed by atoms with van der Waals surface area (Å²) in [5, 5.41) is 12.3. The smallest absolute Gasteiger partial charge is 0.289 e. The van der Waals surface area contributed by atoms with Gasteiger partial charge < -0.3 is 5.32 Å². The van der Waals surface area contributed by atoms with E-state index >= 15 is 0 Å². The molecule has 7 heteroatoms. The minimum atomic E-state index is -0.713. The summed E-state index contributed by atoms with van der Waals surface area (Å²) < 4.78 is 0. The second-order valence-electron chi connectivity index (χ2n) is 3.03. The third-order valence-corrected chi connectivity index (χ3v) is 2.29. The number of alkyl halides is 1. The highest BCUT2D eigenvalue weighted by molar-refractivity contribution is 6.33. The Labute approximate surface area is 101 Å². The Kier molecular flexibility index (Phi) is 4.09. The van der Waals surface area contributed by atoms with Crippen molar-refractivity contribution >= 4 is 40.5 Å². The number of halogens is 2. The van der Waals surface area contributed by atoms with Crippen LogP contribution in [0.2, 0.25) is 5.02 Å². The van der Waals surface area contributed by atoms with Crippen LogP contribution >= 0.6 is 23.2 Å². The lowest BCUT2D eigenvalue weighted by Gasteiger charge is -2.06. The first kappa shape index (κ1) is 12.7. The maximum absolute atomic E-state index is 11.2. The second kappa shape index (κ2) is 5.14. The topological polar surface area (TPSA) is 72.2 Å². The molecule has 1 amide bonds. The molecule has 0 bridgehead atoms. The quantitative estimate of drug-likeness (QED) is 0.517. The Hall–Kier alpha value is -1.33. The molecule has 86 valence electrons. The fraction of sp³-hybridized carbons (Fsp3) is 0.222. The van der Waals surface area contributed by atoms with Crippen molar-refractivity contribution in [1.82, 2.24) is 0 Å². The Morgan fingerprint density at radius 2 is 2.19 bits per heavy atom. The standard InChI is InChI=1S/C9H8Cl2N2O3/c1-5(10)9(14)12-6-2-3-7(11)8(4-6)13(15)16/h2-5H,1H3,(H,12,14). The van der Waals surface area contributed by atoms with Gasteiger partial charge in [-0.2, -0.15) is 0 Å². The molecular formula is C9H8Cl2N2O3. The number of benzene rings is 1. The Morgan fingerprint density at radius 3 is 2.69 bits per heavy atom. The molecule has 0 saturated heterocycles. The fourth-order valence-corrected chi connectivity index (χ4v) is 1.21. The Bertz CT molecular complexity index is 435. The highest BCUT2D eigenvalue weighted by Gasteiger charge is 2.15. The lowest BCUT2D eigenvalue weighted by Crippen LogP contribution is -2.20. The first-order valence-electron chi connectivity index (χ1n) is 4.30. The molecule has 0 aliphatic rings. The molecule has 1 atom stereocenters. The summed E-state index contributed by atoms with van der Waals surface area (Å²) >= 11 is 11.1. The molecule has 1 unspecified atom stereocenters. The summed E-state index contributed by atoms with van der Waals surface area (Å²) in [6, 6.07) is 3.99. The van der Waals surface area contributed by atoms with Gasteiger partial charge in [-0.25, -0.2) is 0 Å². The number of carbonyl (C=O) groups excluding carboxylic acids is 1. The van der Waals surface area contributed by atoms with Gasteiger partial charge in [0.15, 0.2) is 0 Å². The molecule has 0 aliphatic carbocycles. The van der Waals surface area contributed by atoms with Crippen molar-refractivity contribution in [2.45, 2.75) is 12.3 Å². The summed E-state index contributed by atoms with van der Waals surface area (Å²) in [6.07, 6.45) is 0. The lowest BCUT2D eigenvalue weighted by molar-refractivity contribution is -0.384. The van der Waals surface area contributed by atoms with Gasteiger partial charge in [0.2, 0.25) is 5.91 Å². The largest absolute Gasteiger partial charge is 0.325 e. The monoisotopic (exact) mass is 262 g/mol. The van der Waals surface area contributed by atoms with Gasteiger partial charge in [0.1, 0.15) is 10.4 Å². The van der Waals surface area contributed by atoms with E-state index in [1.54, 1.807) is 0 Å². The van der Waals surface area contributed by atoms with E-state index in [1.165, 1.54) is 25.1 Å². The van der Waals surface area contributed by atoms with Gasteiger partial charge in [-0.15, -0.1) is 11.6 Å². The van der Waals surface area contributed by atoms with Crippen molar-refractivity contribution in [3.63, 3.8) is 0 Å². The van der Waals surface area contributed by atoms with Crippen LogP contribution in [-0.4, -0.2) is 16.2 Å². The van der Waals surface area contributed by atoms with Gasteiger partial charge in [0, 0.05) is 11.8 Å². The highest BCUT2D eigenvalue weighted by atomic mass is 35.5. The van der Waals surface area contributed by atoms with Crippen LogP contribution in [0.25, 0.3) is 0 Å². The molecule has 1 aromatic carbocycles. The van der Waals surface area contributed by atoms with Crippen LogP contribution in [0.3, 0.4) is 0 Å². The zero-order chi connectivity index (χ0) is 12.3. The van der Waals surface area contributed by atoms with E-state index in [4.69, 9.17) is 23.2 Å². The van der Waals surface area contributed by atoms with Gasteiger partial charge in [-0.3, -0.25) is 14.9 Å². The van der Waals surface area contributed by atoms with Crippen molar-refractivity contribution < 1.29 is 9.72 Å². The Morgan fingerprint density at radius 1 is 1.56 bits per heavy atom. The molecule has 5 nitrogen and oxygen atoms in total. The zero-order valence-corrected chi connectivity index (χ0v) is 9.75. The lowest BCUT2D eigenvalue weighted by atomic mass is 10.2. The van der Waals surface area contributed by atoms with Crippen LogP contribution in [-0.2, 0) is 4.79 Å². The summed E-state index contributed by atoms with van der Waals surface area (Å²) in [7, 11) is 0. The molecule has 0 fully saturated rings. The van der Waals surface area contributed by atoms with Crippen molar-refractivity contribution in [2.75, 3.05) is 5.32 Å². The van der Waals surface area contributed by atoms with E-state index < -0.39 is 16.2 Å². The number of nitrogens with zero attached hydrogens (tertiary/aromatic N) is 1. The predicted octanol–water partition coefficient (Wildman–Crippen LogP) is 2.81. The SMILES string of the molecule is CC(Cl)C(=O)Nc1ccc(Cl)c([N+](=O)[O-])c1. The number of carbonyl (C=O) groups is 1. The van der Waals surface area contributed by atoms with Gasteiger partial charge >= 0.3 is 0 Å². The normalized spacial score (nSPS) is 11.9. The van der Waals surface area contributed by atoms with Crippen LogP contribution in [0.15, 0.2) is 18.2 Å². The summed E-state index contributed by atoms with van der Waals surface area (Å²) in [5.74, 6) is -0.432. The number of amides is 1. The third-order valence-electron chi connectivity index (χ3n) is 1.77. The van der Waals surface area contributed by atoms with Crippen LogP contribution < -0.4 is 5.32 Å². The molecule has 0 spiro atoms. The molecule has 0 aromatic heterocycles. The van der Waals surface area contributed by atoms with E-state index in [-0.39, 0.29) is 16.4 Å². The molecular weight excluding hydrogens is 255 g/mol. The average Bonchev–Trinajstić information content (AvgIpc) is 2.20. The molecule has 0 radical (unpaired) electrons. The van der Waals surface area contributed by atoms with E-state index in [2.05, 4.69) is 5.32 Å². The first-order valence-corrected chi connectivity index (χ1v) is 5.12. The van der Waals surface area contributed by atoms with Crippen molar-refractivity contribution in [3.05, 3.63) is 33.3 Å². The number of hydrogen-bond acceptors (Lipinski definition) is 3. The Balaban J connectivity index is 2.95. The maximum atomic E-state index is 11.2. The minimum Gasteiger partial charge on any atom is -0.325 e. The third kappa shape index (κ3) is 3.08. The molecule has 0 aliphatic heterocycles. The maximum Gasteiger partial charge on any atom is 0.289 e. The summed E-state index contributed by atoms with van der Waals surface area (Å²) in [4.78, 5) is 21.2. The van der Waals surface area contributed by atoms with Gasteiger partial charge in [0.05, 0.1) is 4.92 Å². The van der Waals surface area contributed by atoms with Crippen LogP contribution in [0.4, 0.5) is 11.4 Å². The van der Waals surface area contributed by atoms with Crippen LogP contribution in [0, 0.1) is 10.1 Å². The second-order valence-corrected chi connectivity index (χ2v) is 4.09. The number of hydrogen-bond donors (Lipinski definition) is 1.